The first kappa shape index (κ1) is 20.3. The lowest BCUT2D eigenvalue weighted by atomic mass is 9.86. The van der Waals surface area contributed by atoms with E-state index in [1.807, 2.05) is 61.0 Å². The van der Waals surface area contributed by atoms with Crippen LogP contribution in [0.15, 0.2) is 59.8 Å². The molecule has 0 aliphatic heterocycles. The number of nitrogens with zero attached hydrogens (tertiary/aromatic N) is 3. The fourth-order valence-corrected chi connectivity index (χ4v) is 3.87. The second-order valence-electron chi connectivity index (χ2n) is 8.07. The number of aromatic nitrogens is 3. The molecule has 4 nitrogen and oxygen atoms in total. The molecule has 0 aliphatic carbocycles. The van der Waals surface area contributed by atoms with Crippen molar-refractivity contribution in [3.05, 3.63) is 77.1 Å². The van der Waals surface area contributed by atoms with Gasteiger partial charge in [0.15, 0.2) is 10.9 Å². The molecule has 1 heterocycles. The Morgan fingerprint density at radius 1 is 1.04 bits per heavy atom. The van der Waals surface area contributed by atoms with E-state index in [4.69, 9.17) is 0 Å². The summed E-state index contributed by atoms with van der Waals surface area (Å²) in [4.78, 5) is 12.8. The molecule has 0 saturated heterocycles. The Morgan fingerprint density at radius 3 is 2.29 bits per heavy atom. The van der Waals surface area contributed by atoms with Crippen LogP contribution in [0.3, 0.4) is 0 Å². The molecule has 3 rings (SSSR count). The predicted octanol–water partition coefficient (Wildman–Crippen LogP) is 5.07. The number of hydrogen-bond acceptors (Lipinski definition) is 4. The van der Waals surface area contributed by atoms with Crippen molar-refractivity contribution in [2.24, 2.45) is 7.05 Å². The molecule has 0 N–H and O–H groups in total. The van der Waals surface area contributed by atoms with Gasteiger partial charge >= 0.3 is 0 Å². The average Bonchev–Trinajstić information content (AvgIpc) is 3.01. The predicted molar refractivity (Wildman–Crippen MR) is 115 cm³/mol. The molecule has 1 atom stereocenters. The number of carbonyl (C=O) groups is 1. The fourth-order valence-electron chi connectivity index (χ4n) is 2.96. The molecular weight excluding hydrogens is 366 g/mol. The molecule has 0 bridgehead atoms. The fraction of sp³-hybridized carbons (Fsp3) is 0.348. The largest absolute Gasteiger partial charge is 0.309 e. The van der Waals surface area contributed by atoms with E-state index < -0.39 is 0 Å². The highest BCUT2D eigenvalue weighted by molar-refractivity contribution is 8.00. The van der Waals surface area contributed by atoms with Gasteiger partial charge in [-0.15, -0.1) is 10.2 Å². The van der Waals surface area contributed by atoms with E-state index >= 15 is 0 Å². The van der Waals surface area contributed by atoms with Gasteiger partial charge in [0.1, 0.15) is 5.82 Å². The topological polar surface area (TPSA) is 47.8 Å². The molecule has 0 amide bonds. The highest BCUT2D eigenvalue weighted by Gasteiger charge is 2.21. The Labute approximate surface area is 171 Å². The highest BCUT2D eigenvalue weighted by atomic mass is 32.2. The van der Waals surface area contributed by atoms with E-state index in [2.05, 4.69) is 43.1 Å². The summed E-state index contributed by atoms with van der Waals surface area (Å²) in [5.74, 6) is 1.00. The maximum absolute atomic E-state index is 12.8. The minimum Gasteiger partial charge on any atom is -0.309 e. The van der Waals surface area contributed by atoms with Crippen LogP contribution in [0.2, 0.25) is 0 Å². The van der Waals surface area contributed by atoms with Crippen LogP contribution < -0.4 is 0 Å². The second-order valence-corrected chi connectivity index (χ2v) is 9.38. The van der Waals surface area contributed by atoms with Gasteiger partial charge in [0.25, 0.3) is 0 Å². The smallest absolute Gasteiger partial charge is 0.191 e. The SMILES string of the molecule is CC(Sc1nnc(Cc2ccccc2)n1C)C(=O)c1ccc(C(C)(C)C)cc1. The van der Waals surface area contributed by atoms with Gasteiger partial charge in [0.2, 0.25) is 0 Å². The lowest BCUT2D eigenvalue weighted by Gasteiger charge is -2.19. The minimum atomic E-state index is -0.229. The highest BCUT2D eigenvalue weighted by Crippen LogP contribution is 2.27. The van der Waals surface area contributed by atoms with Crippen LogP contribution >= 0.6 is 11.8 Å². The summed E-state index contributed by atoms with van der Waals surface area (Å²) in [6, 6.07) is 18.2. The summed E-state index contributed by atoms with van der Waals surface area (Å²) in [6.45, 7) is 8.44. The Balaban J connectivity index is 1.69. The number of ketones is 1. The van der Waals surface area contributed by atoms with Crippen LogP contribution in [-0.4, -0.2) is 25.8 Å². The molecule has 28 heavy (non-hydrogen) atoms. The van der Waals surface area contributed by atoms with Gasteiger partial charge < -0.3 is 4.57 Å². The van der Waals surface area contributed by atoms with Gasteiger partial charge in [-0.25, -0.2) is 0 Å². The standard InChI is InChI=1S/C23H27N3OS/c1-16(21(27)18-11-13-19(14-12-18)23(2,3)4)28-22-25-24-20(26(22)5)15-17-9-7-6-8-10-17/h6-14,16H,15H2,1-5H3. The molecule has 1 aromatic heterocycles. The maximum Gasteiger partial charge on any atom is 0.191 e. The molecule has 0 spiro atoms. The number of hydrogen-bond donors (Lipinski definition) is 0. The molecule has 0 saturated carbocycles. The van der Waals surface area contributed by atoms with Crippen LogP contribution in [0.1, 0.15) is 55.0 Å². The van der Waals surface area contributed by atoms with E-state index in [1.165, 1.54) is 22.9 Å². The second kappa shape index (κ2) is 8.31. The first-order valence-corrected chi connectivity index (χ1v) is 10.4. The summed E-state index contributed by atoms with van der Waals surface area (Å²) in [7, 11) is 1.95. The summed E-state index contributed by atoms with van der Waals surface area (Å²) in [6.07, 6.45) is 0.724. The first-order valence-electron chi connectivity index (χ1n) is 9.49. The van der Waals surface area contributed by atoms with Gasteiger partial charge in [0.05, 0.1) is 5.25 Å². The normalized spacial score (nSPS) is 12.8. The Morgan fingerprint density at radius 2 is 1.68 bits per heavy atom. The zero-order valence-corrected chi connectivity index (χ0v) is 18.0. The molecule has 0 radical (unpaired) electrons. The number of thioether (sulfide) groups is 1. The van der Waals surface area contributed by atoms with Gasteiger partial charge in [0, 0.05) is 19.0 Å². The zero-order valence-electron chi connectivity index (χ0n) is 17.1. The Kier molecular flexibility index (Phi) is 6.04. The third kappa shape index (κ3) is 4.71. The lowest BCUT2D eigenvalue weighted by Crippen LogP contribution is -2.16. The summed E-state index contributed by atoms with van der Waals surface area (Å²) >= 11 is 1.45. The third-order valence-electron chi connectivity index (χ3n) is 4.82. The molecule has 3 aromatic rings. The number of Topliss-reactive ketones (excluding diaryl/α,β-unsaturated/α-hetero) is 1. The van der Waals surface area contributed by atoms with Crippen LogP contribution in [0.4, 0.5) is 0 Å². The molecule has 2 aromatic carbocycles. The van der Waals surface area contributed by atoms with E-state index in [0.29, 0.717) is 0 Å². The van der Waals surface area contributed by atoms with Crippen molar-refractivity contribution in [2.45, 2.75) is 49.9 Å². The van der Waals surface area contributed by atoms with Crippen LogP contribution in [0.5, 0.6) is 0 Å². The number of rotatable bonds is 6. The van der Waals surface area contributed by atoms with Crippen LogP contribution in [-0.2, 0) is 18.9 Å². The van der Waals surface area contributed by atoms with Crippen LogP contribution in [0.25, 0.3) is 0 Å². The van der Waals surface area contributed by atoms with E-state index in [1.54, 1.807) is 0 Å². The molecular formula is C23H27N3OS. The zero-order chi connectivity index (χ0) is 20.3. The number of carbonyl (C=O) groups excluding carboxylic acids is 1. The monoisotopic (exact) mass is 393 g/mol. The Bertz CT molecular complexity index is 940. The van der Waals surface area contributed by atoms with Crippen molar-refractivity contribution in [3.63, 3.8) is 0 Å². The van der Waals surface area contributed by atoms with Crippen molar-refractivity contribution in [1.82, 2.24) is 14.8 Å². The average molecular weight is 394 g/mol. The molecule has 1 unspecified atom stereocenters. The van der Waals surface area contributed by atoms with E-state index in [0.717, 1.165) is 23.0 Å². The van der Waals surface area contributed by atoms with Gasteiger partial charge in [-0.2, -0.15) is 0 Å². The molecule has 5 heteroatoms. The molecule has 0 fully saturated rings. The molecule has 146 valence electrons. The quantitative estimate of drug-likeness (QED) is 0.433. The summed E-state index contributed by atoms with van der Waals surface area (Å²) < 4.78 is 1.98. The third-order valence-corrected chi connectivity index (χ3v) is 5.95. The number of benzene rings is 2. The first-order chi connectivity index (χ1) is 13.3. The Hall–Kier alpha value is -2.40. The summed E-state index contributed by atoms with van der Waals surface area (Å²) in [5.41, 5.74) is 3.23. The van der Waals surface area contributed by atoms with Crippen molar-refractivity contribution < 1.29 is 4.79 Å². The van der Waals surface area contributed by atoms with Gasteiger partial charge in [-0.1, -0.05) is 87.1 Å². The maximum atomic E-state index is 12.8. The van der Waals surface area contributed by atoms with Crippen molar-refractivity contribution in [2.75, 3.05) is 0 Å². The van der Waals surface area contributed by atoms with Gasteiger partial charge in [-0.05, 0) is 23.5 Å². The minimum absolute atomic E-state index is 0.0791. The summed E-state index contributed by atoms with van der Waals surface area (Å²) in [5, 5.41) is 9.15. The van der Waals surface area contributed by atoms with E-state index in [-0.39, 0.29) is 16.4 Å². The lowest BCUT2D eigenvalue weighted by molar-refractivity contribution is 0.0994. The van der Waals surface area contributed by atoms with Gasteiger partial charge in [-0.3, -0.25) is 4.79 Å². The van der Waals surface area contributed by atoms with E-state index in [9.17, 15) is 4.79 Å². The van der Waals surface area contributed by atoms with Crippen molar-refractivity contribution in [1.29, 1.82) is 0 Å². The molecule has 0 aliphatic rings. The van der Waals surface area contributed by atoms with Crippen LogP contribution in [0, 0.1) is 0 Å². The van der Waals surface area contributed by atoms with Crippen molar-refractivity contribution >= 4 is 17.5 Å². The van der Waals surface area contributed by atoms with Crippen molar-refractivity contribution in [3.8, 4) is 0 Å².